The van der Waals surface area contributed by atoms with Crippen LogP contribution in [0.1, 0.15) is 25.3 Å². The zero-order chi connectivity index (χ0) is 9.80. The summed E-state index contributed by atoms with van der Waals surface area (Å²) >= 11 is 0. The van der Waals surface area contributed by atoms with Crippen molar-refractivity contribution in [2.45, 2.75) is 32.2 Å². The molecule has 1 radical (unpaired) electrons. The summed E-state index contributed by atoms with van der Waals surface area (Å²) in [6, 6.07) is 12.4. The molecule has 0 aromatic heterocycles. The Morgan fingerprint density at radius 1 is 1.50 bits per heavy atom. The molecule has 2 rings (SSSR count). The van der Waals surface area contributed by atoms with E-state index < -0.39 is 0 Å². The van der Waals surface area contributed by atoms with Gasteiger partial charge in [0.25, 0.3) is 0 Å². The Bertz CT molecular complexity index is 268. The van der Waals surface area contributed by atoms with E-state index in [4.69, 9.17) is 0 Å². The highest BCUT2D eigenvalue weighted by atomic mass is 15.2. The molecule has 0 bridgehead atoms. The molecule has 0 saturated carbocycles. The van der Waals surface area contributed by atoms with Crippen molar-refractivity contribution in [2.75, 3.05) is 13.1 Å². The molecule has 1 aliphatic heterocycles. The van der Waals surface area contributed by atoms with Crippen molar-refractivity contribution in [1.29, 1.82) is 0 Å². The number of hydrogen-bond donors (Lipinski definition) is 0. The van der Waals surface area contributed by atoms with E-state index in [2.05, 4.69) is 30.0 Å². The summed E-state index contributed by atoms with van der Waals surface area (Å²) in [5.41, 5.74) is 1.34. The Labute approximate surface area is 86.7 Å². The second-order valence-electron chi connectivity index (χ2n) is 4.17. The molecule has 0 N–H and O–H groups in total. The number of hydrogen-bond acceptors (Lipinski definition) is 1. The molecule has 1 heterocycles. The molecule has 1 nitrogen and oxygen atoms in total. The quantitative estimate of drug-likeness (QED) is 0.704. The molecule has 75 valence electrons. The fraction of sp³-hybridized carbons (Fsp3) is 0.538. The van der Waals surface area contributed by atoms with E-state index in [1.807, 2.05) is 12.1 Å². The van der Waals surface area contributed by atoms with Crippen LogP contribution >= 0.6 is 0 Å². The van der Waals surface area contributed by atoms with Gasteiger partial charge in [-0.3, -0.25) is 0 Å². The summed E-state index contributed by atoms with van der Waals surface area (Å²) < 4.78 is 0. The average molecular weight is 188 g/mol. The van der Waals surface area contributed by atoms with Gasteiger partial charge in [-0.25, -0.2) is 0 Å². The van der Waals surface area contributed by atoms with Gasteiger partial charge < -0.3 is 4.90 Å². The van der Waals surface area contributed by atoms with Crippen LogP contribution < -0.4 is 0 Å². The maximum Gasteiger partial charge on any atom is 0.00675 e. The number of rotatable bonds is 3. The van der Waals surface area contributed by atoms with E-state index >= 15 is 0 Å². The van der Waals surface area contributed by atoms with Crippen LogP contribution in [0.25, 0.3) is 0 Å². The van der Waals surface area contributed by atoms with Gasteiger partial charge >= 0.3 is 0 Å². The fourth-order valence-electron chi connectivity index (χ4n) is 2.18. The van der Waals surface area contributed by atoms with E-state index in [9.17, 15) is 0 Å². The predicted molar refractivity (Wildman–Crippen MR) is 59.3 cm³/mol. The van der Waals surface area contributed by atoms with Gasteiger partial charge in [0.05, 0.1) is 0 Å². The average Bonchev–Trinajstić information content (AvgIpc) is 2.63. The van der Waals surface area contributed by atoms with Crippen molar-refractivity contribution in [2.24, 2.45) is 0 Å². The molecule has 1 saturated heterocycles. The van der Waals surface area contributed by atoms with Gasteiger partial charge in [-0.05, 0) is 44.4 Å². The second kappa shape index (κ2) is 4.61. The Morgan fingerprint density at radius 3 is 3.07 bits per heavy atom. The monoisotopic (exact) mass is 188 g/mol. The Morgan fingerprint density at radius 2 is 2.43 bits per heavy atom. The van der Waals surface area contributed by atoms with E-state index in [1.54, 1.807) is 0 Å². The molecule has 1 unspecified atom stereocenters. The summed E-state index contributed by atoms with van der Waals surface area (Å²) in [6.45, 7) is 4.82. The van der Waals surface area contributed by atoms with Gasteiger partial charge in [0.15, 0.2) is 0 Å². The van der Waals surface area contributed by atoms with Gasteiger partial charge in [0.1, 0.15) is 0 Å². The molecule has 1 atom stereocenters. The van der Waals surface area contributed by atoms with Crippen LogP contribution in [0.5, 0.6) is 0 Å². The summed E-state index contributed by atoms with van der Waals surface area (Å²) in [7, 11) is 0. The van der Waals surface area contributed by atoms with Crippen molar-refractivity contribution in [3.05, 3.63) is 35.9 Å². The third-order valence-corrected chi connectivity index (χ3v) is 3.13. The number of likely N-dealkylation sites (tertiary alicyclic amines) is 1. The van der Waals surface area contributed by atoms with Crippen LogP contribution in [-0.4, -0.2) is 24.0 Å². The van der Waals surface area contributed by atoms with Crippen molar-refractivity contribution >= 4 is 0 Å². The minimum Gasteiger partial charge on any atom is -0.300 e. The lowest BCUT2D eigenvalue weighted by Crippen LogP contribution is -2.28. The first-order valence-corrected chi connectivity index (χ1v) is 5.56. The van der Waals surface area contributed by atoms with Gasteiger partial charge in [-0.15, -0.1) is 0 Å². The summed E-state index contributed by atoms with van der Waals surface area (Å²) in [5.74, 6) is 0. The summed E-state index contributed by atoms with van der Waals surface area (Å²) in [4.78, 5) is 2.58. The molecule has 1 aliphatic rings. The third-order valence-electron chi connectivity index (χ3n) is 3.13. The van der Waals surface area contributed by atoms with Gasteiger partial charge in [0, 0.05) is 12.6 Å². The standard InChI is InChI=1S/C13H18N/c1-12-6-5-10-14(12)11-9-13-7-3-2-4-8-13/h2-4,7,12H,5-6,9-11H2,1H3. The van der Waals surface area contributed by atoms with Crippen LogP contribution in [0, 0.1) is 6.07 Å². The van der Waals surface area contributed by atoms with E-state index in [0.29, 0.717) is 0 Å². The lowest BCUT2D eigenvalue weighted by atomic mass is 10.1. The van der Waals surface area contributed by atoms with E-state index in [0.717, 1.165) is 12.5 Å². The van der Waals surface area contributed by atoms with Crippen LogP contribution in [0.4, 0.5) is 0 Å². The molecule has 0 amide bonds. The zero-order valence-electron chi connectivity index (χ0n) is 8.87. The van der Waals surface area contributed by atoms with Gasteiger partial charge in [0.2, 0.25) is 0 Å². The summed E-state index contributed by atoms with van der Waals surface area (Å²) in [6.07, 6.45) is 3.89. The highest BCUT2D eigenvalue weighted by Crippen LogP contribution is 2.16. The summed E-state index contributed by atoms with van der Waals surface area (Å²) in [5, 5.41) is 0. The Balaban J connectivity index is 1.82. The molecule has 1 fully saturated rings. The fourth-order valence-corrected chi connectivity index (χ4v) is 2.18. The minimum absolute atomic E-state index is 0.790. The molecule has 0 spiro atoms. The van der Waals surface area contributed by atoms with E-state index in [1.165, 1.54) is 31.5 Å². The van der Waals surface area contributed by atoms with Gasteiger partial charge in [-0.2, -0.15) is 0 Å². The van der Waals surface area contributed by atoms with Crippen molar-refractivity contribution in [1.82, 2.24) is 4.90 Å². The lowest BCUT2D eigenvalue weighted by molar-refractivity contribution is 0.272. The second-order valence-corrected chi connectivity index (χ2v) is 4.17. The largest absolute Gasteiger partial charge is 0.300 e. The maximum absolute atomic E-state index is 3.28. The normalized spacial score (nSPS) is 22.8. The topological polar surface area (TPSA) is 3.24 Å². The zero-order valence-corrected chi connectivity index (χ0v) is 8.87. The van der Waals surface area contributed by atoms with Crippen LogP contribution in [0.3, 0.4) is 0 Å². The van der Waals surface area contributed by atoms with Crippen LogP contribution in [-0.2, 0) is 6.42 Å². The predicted octanol–water partition coefficient (Wildman–Crippen LogP) is 2.51. The Hall–Kier alpha value is -0.820. The first kappa shape index (κ1) is 9.72. The first-order valence-electron chi connectivity index (χ1n) is 5.56. The van der Waals surface area contributed by atoms with Crippen molar-refractivity contribution < 1.29 is 0 Å². The minimum atomic E-state index is 0.790. The SMILES string of the molecule is CC1CCCN1CCc1[c]cccc1. The molecular formula is C13H18N. The van der Waals surface area contributed by atoms with Gasteiger partial charge in [-0.1, -0.05) is 24.3 Å². The highest BCUT2D eigenvalue weighted by Gasteiger charge is 2.19. The maximum atomic E-state index is 3.28. The highest BCUT2D eigenvalue weighted by molar-refractivity contribution is 5.13. The van der Waals surface area contributed by atoms with E-state index in [-0.39, 0.29) is 0 Å². The Kier molecular flexibility index (Phi) is 3.20. The van der Waals surface area contributed by atoms with Crippen molar-refractivity contribution in [3.63, 3.8) is 0 Å². The van der Waals surface area contributed by atoms with Crippen LogP contribution in [0.15, 0.2) is 24.3 Å². The molecule has 0 aliphatic carbocycles. The van der Waals surface area contributed by atoms with Crippen molar-refractivity contribution in [3.8, 4) is 0 Å². The molecular weight excluding hydrogens is 170 g/mol. The molecule has 14 heavy (non-hydrogen) atoms. The third kappa shape index (κ3) is 2.36. The molecule has 1 aromatic carbocycles. The number of benzene rings is 1. The van der Waals surface area contributed by atoms with Crippen LogP contribution in [0.2, 0.25) is 0 Å². The number of nitrogens with zero attached hydrogens (tertiary/aromatic N) is 1. The molecule has 1 heteroatoms. The smallest absolute Gasteiger partial charge is 0.00675 e. The molecule has 1 aromatic rings. The lowest BCUT2D eigenvalue weighted by Gasteiger charge is -2.20. The first-order chi connectivity index (χ1) is 6.86.